The molecule has 3 heterocycles. The quantitative estimate of drug-likeness (QED) is 0.406. The average Bonchev–Trinajstić information content (AvgIpc) is 3.46. The molecule has 0 bridgehead atoms. The number of nitrogen functional groups attached to an aromatic ring is 1. The third-order valence-electron chi connectivity index (χ3n) is 6.11. The lowest BCUT2D eigenvalue weighted by Gasteiger charge is -2.27. The highest BCUT2D eigenvalue weighted by Gasteiger charge is 2.40. The van der Waals surface area contributed by atoms with Crippen LogP contribution in [0.1, 0.15) is 55.5 Å². The first kappa shape index (κ1) is 24.4. The Hall–Kier alpha value is -3.73. The number of amides is 2. The molecule has 0 radical (unpaired) electrons. The van der Waals surface area contributed by atoms with Crippen LogP contribution in [0.25, 0.3) is 0 Å². The summed E-state index contributed by atoms with van der Waals surface area (Å²) in [6.07, 6.45) is 0.0900. The highest BCUT2D eigenvalue weighted by Crippen LogP contribution is 2.28. The number of anilines is 1. The normalized spacial score (nSPS) is 20.3. The number of nitrogens with one attached hydrogen (secondary N) is 4. The number of nitrogens with zero attached hydrogens (tertiary/aromatic N) is 2. The van der Waals surface area contributed by atoms with Gasteiger partial charge in [-0.15, -0.1) is 0 Å². The second-order valence-corrected chi connectivity index (χ2v) is 9.00. The van der Waals surface area contributed by atoms with Crippen molar-refractivity contribution >= 4 is 17.6 Å². The van der Waals surface area contributed by atoms with E-state index in [4.69, 9.17) is 5.73 Å². The Morgan fingerprint density at radius 2 is 2.09 bits per heavy atom. The molecule has 2 aliphatic rings. The number of nitrogens with two attached hydrogens (primary N) is 1. The third kappa shape index (κ3) is 5.51. The van der Waals surface area contributed by atoms with Crippen molar-refractivity contribution in [1.29, 1.82) is 0 Å². The van der Waals surface area contributed by atoms with E-state index < -0.39 is 30.0 Å². The first-order valence-electron chi connectivity index (χ1n) is 11.4. The number of benzene rings is 1. The van der Waals surface area contributed by atoms with Crippen LogP contribution in [-0.4, -0.2) is 40.5 Å². The maximum atomic E-state index is 14.8. The summed E-state index contributed by atoms with van der Waals surface area (Å²) in [6, 6.07) is 7.86. The van der Waals surface area contributed by atoms with E-state index in [0.29, 0.717) is 22.5 Å². The molecule has 0 saturated carbocycles. The Bertz CT molecular complexity index is 1140. The Kier molecular flexibility index (Phi) is 7.15. The summed E-state index contributed by atoms with van der Waals surface area (Å²) in [6.45, 7) is 3.60. The standard InChI is InChI=1S/C24H29F2N7O2/c1-13(2)17-7-6-14(8-18(17)26)23(19-4-3-5-21(27)29-19)30-24(35)20-9-15(25)12-33(20)22(34)10-16-11-28-32-31-16/h3-8,11,13,15,20,23,28,31-32H,9-10,12H2,1-2H3,(H2,27,29)(H,30,35)/t15-,20+,23?/m1/s1. The van der Waals surface area contributed by atoms with Gasteiger partial charge in [0, 0.05) is 12.6 Å². The number of pyridine rings is 1. The van der Waals surface area contributed by atoms with Crippen molar-refractivity contribution < 1.29 is 18.4 Å². The monoisotopic (exact) mass is 485 g/mol. The molecule has 1 saturated heterocycles. The molecule has 4 rings (SSSR count). The Balaban J connectivity index is 1.60. The second-order valence-electron chi connectivity index (χ2n) is 9.00. The largest absolute Gasteiger partial charge is 0.384 e. The minimum Gasteiger partial charge on any atom is -0.384 e. The molecule has 2 amide bonds. The highest BCUT2D eigenvalue weighted by atomic mass is 19.1. The van der Waals surface area contributed by atoms with Gasteiger partial charge in [-0.25, -0.2) is 13.8 Å². The van der Waals surface area contributed by atoms with E-state index in [9.17, 15) is 18.4 Å². The fourth-order valence-electron chi connectivity index (χ4n) is 4.33. The van der Waals surface area contributed by atoms with Crippen LogP contribution in [0.15, 0.2) is 48.3 Å². The first-order chi connectivity index (χ1) is 16.7. The molecule has 2 aliphatic heterocycles. The third-order valence-corrected chi connectivity index (χ3v) is 6.11. The molecule has 11 heteroatoms. The fraction of sp³-hybridized carbons (Fsp3) is 0.375. The maximum absolute atomic E-state index is 14.8. The zero-order valence-electron chi connectivity index (χ0n) is 19.5. The average molecular weight is 486 g/mol. The van der Waals surface area contributed by atoms with Gasteiger partial charge < -0.3 is 26.8 Å². The number of hydrogen-bond acceptors (Lipinski definition) is 7. The summed E-state index contributed by atoms with van der Waals surface area (Å²) in [4.78, 5) is 31.8. The van der Waals surface area contributed by atoms with Crippen molar-refractivity contribution in [2.75, 3.05) is 12.3 Å². The van der Waals surface area contributed by atoms with E-state index in [2.05, 4.69) is 26.7 Å². The van der Waals surface area contributed by atoms with Gasteiger partial charge in [0.25, 0.3) is 0 Å². The maximum Gasteiger partial charge on any atom is 0.243 e. The van der Waals surface area contributed by atoms with Gasteiger partial charge in [-0.3, -0.25) is 9.59 Å². The second kappa shape index (κ2) is 10.3. The number of hydrogen-bond donors (Lipinski definition) is 5. The number of likely N-dealkylation sites (tertiary alicyclic amines) is 1. The fourth-order valence-corrected chi connectivity index (χ4v) is 4.33. The van der Waals surface area contributed by atoms with Crippen molar-refractivity contribution in [2.24, 2.45) is 0 Å². The van der Waals surface area contributed by atoms with Crippen molar-refractivity contribution in [1.82, 2.24) is 31.6 Å². The molecule has 1 aromatic carbocycles. The number of alkyl halides is 1. The molecule has 9 nitrogen and oxygen atoms in total. The molecule has 1 aromatic heterocycles. The van der Waals surface area contributed by atoms with Crippen molar-refractivity contribution in [3.63, 3.8) is 0 Å². The predicted octanol–water partition coefficient (Wildman–Crippen LogP) is 1.91. The van der Waals surface area contributed by atoms with Gasteiger partial charge >= 0.3 is 0 Å². The first-order valence-corrected chi connectivity index (χ1v) is 11.4. The van der Waals surface area contributed by atoms with Crippen LogP contribution in [0, 0.1) is 5.82 Å². The van der Waals surface area contributed by atoms with E-state index >= 15 is 0 Å². The summed E-state index contributed by atoms with van der Waals surface area (Å²) in [7, 11) is 0. The molecule has 0 aliphatic carbocycles. The van der Waals surface area contributed by atoms with Crippen molar-refractivity contribution in [3.05, 3.63) is 70.9 Å². The Morgan fingerprint density at radius 1 is 1.29 bits per heavy atom. The van der Waals surface area contributed by atoms with Crippen molar-refractivity contribution in [2.45, 2.75) is 50.9 Å². The predicted molar refractivity (Wildman–Crippen MR) is 126 cm³/mol. The van der Waals surface area contributed by atoms with Gasteiger partial charge in [0.1, 0.15) is 23.8 Å². The van der Waals surface area contributed by atoms with Crippen LogP contribution in [0.5, 0.6) is 0 Å². The number of rotatable bonds is 7. The minimum absolute atomic E-state index is 0.0167. The summed E-state index contributed by atoms with van der Waals surface area (Å²) in [5, 5.41) is 2.85. The molecule has 1 fully saturated rings. The van der Waals surface area contributed by atoms with Crippen molar-refractivity contribution in [3.8, 4) is 0 Å². The van der Waals surface area contributed by atoms with E-state index in [0.717, 1.165) is 0 Å². The molecule has 186 valence electrons. The Morgan fingerprint density at radius 3 is 2.74 bits per heavy atom. The number of halogens is 2. The molecule has 3 atom stereocenters. The number of carbonyl (C=O) groups is 2. The topological polar surface area (TPSA) is 124 Å². The lowest BCUT2D eigenvalue weighted by molar-refractivity contribution is -0.138. The lowest BCUT2D eigenvalue weighted by atomic mass is 9.96. The number of aromatic nitrogens is 1. The summed E-state index contributed by atoms with van der Waals surface area (Å²) in [5.41, 5.74) is 15.9. The number of carbonyl (C=O) groups excluding carboxylic acids is 2. The molecule has 0 spiro atoms. The molecular weight excluding hydrogens is 456 g/mol. The van der Waals surface area contributed by atoms with Gasteiger partial charge in [-0.2, -0.15) is 5.53 Å². The highest BCUT2D eigenvalue weighted by molar-refractivity contribution is 5.89. The number of hydrazine groups is 2. The summed E-state index contributed by atoms with van der Waals surface area (Å²) in [5.74, 6) is -1.12. The Labute approximate surface area is 202 Å². The molecule has 35 heavy (non-hydrogen) atoms. The van der Waals surface area contributed by atoms with Gasteiger partial charge in [-0.05, 0) is 35.2 Å². The molecular formula is C24H29F2N7O2. The lowest BCUT2D eigenvalue weighted by Crippen LogP contribution is -2.47. The SMILES string of the molecule is CC(C)c1ccc(C(NC(=O)[C@@H]2C[C@@H](F)CN2C(=O)CC2=CNNN2)c2cccc(N)n2)cc1F. The van der Waals surface area contributed by atoms with Crippen LogP contribution in [0.2, 0.25) is 0 Å². The van der Waals surface area contributed by atoms with Gasteiger partial charge in [0.05, 0.1) is 30.4 Å². The molecule has 2 aromatic rings. The zero-order valence-corrected chi connectivity index (χ0v) is 19.5. The van der Waals surface area contributed by atoms with E-state index in [1.54, 1.807) is 36.5 Å². The molecule has 6 N–H and O–H groups in total. The van der Waals surface area contributed by atoms with E-state index in [1.165, 1.54) is 11.0 Å². The van der Waals surface area contributed by atoms with Crippen LogP contribution in [-0.2, 0) is 9.59 Å². The zero-order chi connectivity index (χ0) is 25.1. The summed E-state index contributed by atoms with van der Waals surface area (Å²) >= 11 is 0. The van der Waals surface area contributed by atoms with Crippen LogP contribution in [0.4, 0.5) is 14.6 Å². The minimum atomic E-state index is -1.33. The smallest absolute Gasteiger partial charge is 0.243 e. The molecule has 1 unspecified atom stereocenters. The summed E-state index contributed by atoms with van der Waals surface area (Å²) < 4.78 is 29.2. The van der Waals surface area contributed by atoms with Gasteiger partial charge in [0.15, 0.2) is 0 Å². The van der Waals surface area contributed by atoms with Gasteiger partial charge in [0.2, 0.25) is 11.8 Å². The van der Waals surface area contributed by atoms with Gasteiger partial charge in [-0.1, -0.05) is 32.0 Å². The van der Waals surface area contributed by atoms with E-state index in [1.807, 2.05) is 13.8 Å². The van der Waals surface area contributed by atoms with Crippen LogP contribution < -0.4 is 27.4 Å². The van der Waals surface area contributed by atoms with Crippen LogP contribution in [0.3, 0.4) is 0 Å². The van der Waals surface area contributed by atoms with E-state index in [-0.39, 0.29) is 37.0 Å². The van der Waals surface area contributed by atoms with Crippen LogP contribution >= 0.6 is 0 Å².